The number of nitrogens with one attached hydrogen (secondary N) is 1. The predicted molar refractivity (Wildman–Crippen MR) is 129 cm³/mol. The summed E-state index contributed by atoms with van der Waals surface area (Å²) >= 11 is 0. The molecule has 2 aromatic rings. The molecule has 0 radical (unpaired) electrons. The van der Waals surface area contributed by atoms with Crippen molar-refractivity contribution in [2.24, 2.45) is 5.92 Å². The first-order valence-corrected chi connectivity index (χ1v) is 13.7. The lowest BCUT2D eigenvalue weighted by Gasteiger charge is -2.37. The van der Waals surface area contributed by atoms with E-state index in [1.807, 2.05) is 12.3 Å². The summed E-state index contributed by atoms with van der Waals surface area (Å²) in [6.07, 6.45) is 8.13. The molecule has 1 aromatic heterocycles. The van der Waals surface area contributed by atoms with Crippen LogP contribution in [-0.4, -0.2) is 63.7 Å². The maximum Gasteiger partial charge on any atom is 0.240 e. The lowest BCUT2D eigenvalue weighted by atomic mass is 9.84. The Bertz CT molecular complexity index is 1030. The molecule has 2 aliphatic heterocycles. The molecule has 178 valence electrons. The van der Waals surface area contributed by atoms with Crippen molar-refractivity contribution < 1.29 is 13.2 Å². The first-order chi connectivity index (χ1) is 16.1. The van der Waals surface area contributed by atoms with Gasteiger partial charge in [0.25, 0.3) is 0 Å². The summed E-state index contributed by atoms with van der Waals surface area (Å²) in [7, 11) is -3.42. The summed E-state index contributed by atoms with van der Waals surface area (Å²) in [6.45, 7) is 5.97. The standard InChI is InChI=1S/C25H34N4O3S/c30-33(31,23-4-2-1-3-5-23)27-22-8-6-20(7-9-22)11-14-28-15-17-29(18-16-28)25-24-21(10-13-26-25)12-19-32-24/h1-5,10,13,20,22,27H,6-9,11-12,14-19H2/t20-,22-. The molecule has 0 unspecified atom stereocenters. The number of ether oxygens (including phenoxy) is 1. The molecule has 0 atom stereocenters. The first-order valence-electron chi connectivity index (χ1n) is 12.2. The Morgan fingerprint density at radius 3 is 2.52 bits per heavy atom. The number of anilines is 1. The molecule has 2 fully saturated rings. The predicted octanol–water partition coefficient (Wildman–Crippen LogP) is 3.07. The highest BCUT2D eigenvalue weighted by Crippen LogP contribution is 2.34. The van der Waals surface area contributed by atoms with Gasteiger partial charge in [-0.05, 0) is 62.8 Å². The van der Waals surface area contributed by atoms with E-state index in [-0.39, 0.29) is 6.04 Å². The molecule has 5 rings (SSSR count). The van der Waals surface area contributed by atoms with Crippen LogP contribution in [0.15, 0.2) is 47.5 Å². The van der Waals surface area contributed by atoms with E-state index in [2.05, 4.69) is 25.6 Å². The Balaban J connectivity index is 1.04. The molecule has 1 saturated carbocycles. The zero-order chi connectivity index (χ0) is 22.7. The number of hydrogen-bond acceptors (Lipinski definition) is 6. The summed E-state index contributed by atoms with van der Waals surface area (Å²) < 4.78 is 33.9. The van der Waals surface area contributed by atoms with Gasteiger partial charge in [0.2, 0.25) is 10.0 Å². The van der Waals surface area contributed by atoms with Crippen LogP contribution >= 0.6 is 0 Å². The van der Waals surface area contributed by atoms with Gasteiger partial charge in [0.05, 0.1) is 11.5 Å². The molecule has 0 bridgehead atoms. The highest BCUT2D eigenvalue weighted by molar-refractivity contribution is 7.89. The average molecular weight is 471 g/mol. The Morgan fingerprint density at radius 1 is 1.00 bits per heavy atom. The summed E-state index contributed by atoms with van der Waals surface area (Å²) in [5.41, 5.74) is 1.28. The zero-order valence-electron chi connectivity index (χ0n) is 19.2. The van der Waals surface area contributed by atoms with Gasteiger partial charge in [-0.3, -0.25) is 4.90 Å². The Hall–Kier alpha value is -2.16. The minimum atomic E-state index is -3.42. The molecule has 1 aromatic carbocycles. The number of benzene rings is 1. The van der Waals surface area contributed by atoms with Crippen LogP contribution in [0.5, 0.6) is 5.75 Å². The van der Waals surface area contributed by atoms with Crippen molar-refractivity contribution in [3.8, 4) is 5.75 Å². The van der Waals surface area contributed by atoms with Gasteiger partial charge >= 0.3 is 0 Å². The van der Waals surface area contributed by atoms with Crippen molar-refractivity contribution in [3.05, 3.63) is 48.2 Å². The van der Waals surface area contributed by atoms with E-state index in [0.717, 1.165) is 83.0 Å². The number of fused-ring (bicyclic) bond motifs is 1. The van der Waals surface area contributed by atoms with E-state index in [1.165, 1.54) is 12.0 Å². The maximum absolute atomic E-state index is 12.6. The lowest BCUT2D eigenvalue weighted by Crippen LogP contribution is -2.47. The second-order valence-electron chi connectivity index (χ2n) is 9.49. The van der Waals surface area contributed by atoms with Crippen molar-refractivity contribution in [2.75, 3.05) is 44.2 Å². The van der Waals surface area contributed by atoms with Crippen molar-refractivity contribution >= 4 is 15.8 Å². The SMILES string of the molecule is O=S(=O)(N[C@H]1CC[C@H](CCN2CCN(c3nccc4c3OCC4)CC2)CC1)c1ccccc1. The topological polar surface area (TPSA) is 74.8 Å². The van der Waals surface area contributed by atoms with Crippen molar-refractivity contribution in [1.29, 1.82) is 0 Å². The number of hydrogen-bond donors (Lipinski definition) is 1. The third-order valence-corrected chi connectivity index (χ3v) is 8.87. The van der Waals surface area contributed by atoms with Crippen LogP contribution in [0.4, 0.5) is 5.82 Å². The average Bonchev–Trinajstić information content (AvgIpc) is 3.34. The molecule has 0 amide bonds. The molecule has 7 nitrogen and oxygen atoms in total. The summed E-state index contributed by atoms with van der Waals surface area (Å²) in [5.74, 6) is 2.69. The quantitative estimate of drug-likeness (QED) is 0.670. The van der Waals surface area contributed by atoms with Gasteiger partial charge in [0.15, 0.2) is 11.6 Å². The monoisotopic (exact) mass is 470 g/mol. The van der Waals surface area contributed by atoms with Gasteiger partial charge in [-0.15, -0.1) is 0 Å². The number of rotatable bonds is 7. The highest BCUT2D eigenvalue weighted by atomic mass is 32.2. The third-order valence-electron chi connectivity index (χ3n) is 7.33. The zero-order valence-corrected chi connectivity index (χ0v) is 20.0. The Labute approximate surface area is 197 Å². The molecule has 3 heterocycles. The minimum Gasteiger partial charge on any atom is -0.489 e. The number of pyridine rings is 1. The molecule has 3 aliphatic rings. The van der Waals surface area contributed by atoms with Crippen LogP contribution in [0.3, 0.4) is 0 Å². The van der Waals surface area contributed by atoms with E-state index < -0.39 is 10.0 Å². The van der Waals surface area contributed by atoms with Gasteiger partial charge in [-0.2, -0.15) is 0 Å². The fourth-order valence-corrected chi connectivity index (χ4v) is 6.65. The molecule has 1 aliphatic carbocycles. The van der Waals surface area contributed by atoms with E-state index in [9.17, 15) is 8.42 Å². The number of aromatic nitrogens is 1. The van der Waals surface area contributed by atoms with Crippen LogP contribution in [0, 0.1) is 5.92 Å². The summed E-state index contributed by atoms with van der Waals surface area (Å²) in [5, 5.41) is 0. The number of nitrogens with zero attached hydrogens (tertiary/aromatic N) is 3. The first kappa shape index (κ1) is 22.6. The lowest BCUT2D eigenvalue weighted by molar-refractivity contribution is 0.214. The fourth-order valence-electron chi connectivity index (χ4n) is 5.32. The third kappa shape index (κ3) is 5.34. The van der Waals surface area contributed by atoms with Crippen LogP contribution in [0.1, 0.15) is 37.7 Å². The maximum atomic E-state index is 12.6. The molecular formula is C25H34N4O3S. The van der Waals surface area contributed by atoms with Gasteiger partial charge < -0.3 is 9.64 Å². The molecule has 1 saturated heterocycles. The molecule has 0 spiro atoms. The van der Waals surface area contributed by atoms with Crippen molar-refractivity contribution in [3.63, 3.8) is 0 Å². The van der Waals surface area contributed by atoms with Gasteiger partial charge in [-0.1, -0.05) is 18.2 Å². The van der Waals surface area contributed by atoms with Gasteiger partial charge in [-0.25, -0.2) is 18.1 Å². The van der Waals surface area contributed by atoms with Gasteiger partial charge in [0, 0.05) is 50.4 Å². The summed E-state index contributed by atoms with van der Waals surface area (Å²) in [4.78, 5) is 9.88. The minimum absolute atomic E-state index is 0.0531. The molecule has 1 N–H and O–H groups in total. The van der Waals surface area contributed by atoms with E-state index in [0.29, 0.717) is 10.8 Å². The number of piperazine rings is 1. The van der Waals surface area contributed by atoms with E-state index in [4.69, 9.17) is 4.74 Å². The van der Waals surface area contributed by atoms with Crippen molar-refractivity contribution in [2.45, 2.75) is 49.5 Å². The fraction of sp³-hybridized carbons (Fsp3) is 0.560. The highest BCUT2D eigenvalue weighted by Gasteiger charge is 2.28. The van der Waals surface area contributed by atoms with Crippen LogP contribution in [0.25, 0.3) is 0 Å². The summed E-state index contributed by atoms with van der Waals surface area (Å²) in [6, 6.07) is 10.8. The molecule has 33 heavy (non-hydrogen) atoms. The second kappa shape index (κ2) is 9.99. The van der Waals surface area contributed by atoms with E-state index in [1.54, 1.807) is 24.3 Å². The number of sulfonamides is 1. The Morgan fingerprint density at radius 2 is 1.76 bits per heavy atom. The molecular weight excluding hydrogens is 436 g/mol. The normalized spacial score (nSPS) is 23.8. The van der Waals surface area contributed by atoms with Crippen LogP contribution < -0.4 is 14.4 Å². The van der Waals surface area contributed by atoms with Crippen LogP contribution in [0.2, 0.25) is 0 Å². The smallest absolute Gasteiger partial charge is 0.240 e. The van der Waals surface area contributed by atoms with Gasteiger partial charge in [0.1, 0.15) is 0 Å². The Kier molecular flexibility index (Phi) is 6.85. The largest absolute Gasteiger partial charge is 0.489 e. The van der Waals surface area contributed by atoms with Crippen LogP contribution in [-0.2, 0) is 16.4 Å². The molecule has 8 heteroatoms. The second-order valence-corrected chi connectivity index (χ2v) is 11.2. The van der Waals surface area contributed by atoms with Crippen molar-refractivity contribution in [1.82, 2.24) is 14.6 Å². The van der Waals surface area contributed by atoms with E-state index >= 15 is 0 Å².